The first-order chi connectivity index (χ1) is 14.3. The van der Waals surface area contributed by atoms with Crippen molar-refractivity contribution in [1.29, 1.82) is 0 Å². The SMILES string of the molecule is CCNC(=NCC(C)CN1CCOCC1)N1CCN(S(=O)(=O)CCOC(C)C)CC1.I. The molecule has 1 unspecified atom stereocenters. The Labute approximate surface area is 206 Å². The summed E-state index contributed by atoms with van der Waals surface area (Å²) in [6.07, 6.45) is 0.0431. The van der Waals surface area contributed by atoms with E-state index in [4.69, 9.17) is 14.5 Å². The lowest BCUT2D eigenvalue weighted by atomic mass is 10.1. The lowest BCUT2D eigenvalue weighted by molar-refractivity contribution is 0.0323. The summed E-state index contributed by atoms with van der Waals surface area (Å²) in [5, 5.41) is 3.37. The van der Waals surface area contributed by atoms with Crippen molar-refractivity contribution in [2.75, 3.05) is 84.5 Å². The van der Waals surface area contributed by atoms with Gasteiger partial charge < -0.3 is 19.7 Å². The van der Waals surface area contributed by atoms with E-state index in [-0.39, 0.29) is 42.4 Å². The van der Waals surface area contributed by atoms with Gasteiger partial charge in [-0.15, -0.1) is 24.0 Å². The molecular weight excluding hydrogens is 533 g/mol. The molecule has 0 radical (unpaired) electrons. The number of halogens is 1. The second-order valence-corrected chi connectivity index (χ2v) is 10.4. The molecule has 2 aliphatic rings. The van der Waals surface area contributed by atoms with Crippen LogP contribution in [-0.4, -0.2) is 119 Å². The van der Waals surface area contributed by atoms with Crippen LogP contribution in [-0.2, 0) is 19.5 Å². The van der Waals surface area contributed by atoms with E-state index in [0.29, 0.717) is 32.1 Å². The van der Waals surface area contributed by atoms with E-state index in [2.05, 4.69) is 29.0 Å². The molecule has 9 nitrogen and oxygen atoms in total. The molecule has 0 aromatic heterocycles. The summed E-state index contributed by atoms with van der Waals surface area (Å²) >= 11 is 0. The summed E-state index contributed by atoms with van der Waals surface area (Å²) < 4.78 is 37.5. The molecule has 0 saturated carbocycles. The number of nitrogens with zero attached hydrogens (tertiary/aromatic N) is 4. The average molecular weight is 576 g/mol. The number of aliphatic imine (C=N–C) groups is 1. The maximum Gasteiger partial charge on any atom is 0.216 e. The average Bonchev–Trinajstić information content (AvgIpc) is 2.71. The van der Waals surface area contributed by atoms with Crippen molar-refractivity contribution < 1.29 is 17.9 Å². The van der Waals surface area contributed by atoms with Crippen LogP contribution in [0, 0.1) is 5.92 Å². The summed E-state index contributed by atoms with van der Waals surface area (Å²) in [7, 11) is -3.28. The minimum absolute atomic E-state index is 0. The molecular formula is C20H42IN5O4S. The molecule has 0 aromatic rings. The Morgan fingerprint density at radius 3 is 2.32 bits per heavy atom. The molecule has 0 amide bonds. The highest BCUT2D eigenvalue weighted by Crippen LogP contribution is 2.10. The third-order valence-corrected chi connectivity index (χ3v) is 7.12. The zero-order chi connectivity index (χ0) is 22.0. The maximum atomic E-state index is 12.5. The Hall–Kier alpha value is -0.210. The van der Waals surface area contributed by atoms with Crippen LogP contribution in [0.4, 0.5) is 0 Å². The number of ether oxygens (including phenoxy) is 2. The van der Waals surface area contributed by atoms with Crippen molar-refractivity contribution >= 4 is 40.0 Å². The van der Waals surface area contributed by atoms with Crippen molar-refractivity contribution in [3.8, 4) is 0 Å². The first kappa shape index (κ1) is 28.8. The van der Waals surface area contributed by atoms with E-state index >= 15 is 0 Å². The van der Waals surface area contributed by atoms with Gasteiger partial charge in [-0.3, -0.25) is 9.89 Å². The minimum atomic E-state index is -3.28. The quantitative estimate of drug-likeness (QED) is 0.236. The molecule has 11 heteroatoms. The highest BCUT2D eigenvalue weighted by Gasteiger charge is 2.28. The van der Waals surface area contributed by atoms with Gasteiger partial charge in [0.2, 0.25) is 10.0 Å². The van der Waals surface area contributed by atoms with Gasteiger partial charge in [0.25, 0.3) is 0 Å². The number of piperazine rings is 1. The van der Waals surface area contributed by atoms with E-state index in [9.17, 15) is 8.42 Å². The normalized spacial score (nSPS) is 20.5. The third kappa shape index (κ3) is 10.5. The highest BCUT2D eigenvalue weighted by atomic mass is 127. The fourth-order valence-corrected chi connectivity index (χ4v) is 4.93. The second kappa shape index (κ2) is 14.8. The smallest absolute Gasteiger partial charge is 0.216 e. The number of rotatable bonds is 10. The minimum Gasteiger partial charge on any atom is -0.379 e. The third-order valence-electron chi connectivity index (χ3n) is 5.29. The van der Waals surface area contributed by atoms with Gasteiger partial charge in [-0.1, -0.05) is 6.92 Å². The summed E-state index contributed by atoms with van der Waals surface area (Å²) in [4.78, 5) is 9.45. The Kier molecular flexibility index (Phi) is 13.8. The number of sulfonamides is 1. The zero-order valence-corrected chi connectivity index (χ0v) is 22.7. The van der Waals surface area contributed by atoms with Gasteiger partial charge in [-0.25, -0.2) is 8.42 Å². The van der Waals surface area contributed by atoms with Gasteiger partial charge in [-0.05, 0) is 26.7 Å². The van der Waals surface area contributed by atoms with E-state index in [1.165, 1.54) is 0 Å². The first-order valence-electron chi connectivity index (χ1n) is 11.2. The molecule has 0 aromatic carbocycles. The van der Waals surface area contributed by atoms with Gasteiger partial charge in [0.1, 0.15) is 0 Å². The van der Waals surface area contributed by atoms with Crippen molar-refractivity contribution in [3.63, 3.8) is 0 Å². The van der Waals surface area contributed by atoms with Crippen LogP contribution in [0.3, 0.4) is 0 Å². The zero-order valence-electron chi connectivity index (χ0n) is 19.6. The first-order valence-corrected chi connectivity index (χ1v) is 12.9. The molecule has 0 spiro atoms. The van der Waals surface area contributed by atoms with Crippen LogP contribution < -0.4 is 5.32 Å². The van der Waals surface area contributed by atoms with Crippen LogP contribution in [0.25, 0.3) is 0 Å². The van der Waals surface area contributed by atoms with Crippen molar-refractivity contribution in [3.05, 3.63) is 0 Å². The monoisotopic (exact) mass is 575 g/mol. The maximum absolute atomic E-state index is 12.5. The second-order valence-electron chi connectivity index (χ2n) is 8.33. The topological polar surface area (TPSA) is 86.7 Å². The van der Waals surface area contributed by atoms with Crippen molar-refractivity contribution in [2.45, 2.75) is 33.8 Å². The highest BCUT2D eigenvalue weighted by molar-refractivity contribution is 14.0. The van der Waals surface area contributed by atoms with Gasteiger partial charge in [0, 0.05) is 58.9 Å². The number of hydrogen-bond donors (Lipinski definition) is 1. The van der Waals surface area contributed by atoms with Gasteiger partial charge in [0.15, 0.2) is 5.96 Å². The van der Waals surface area contributed by atoms with E-state index in [1.807, 2.05) is 13.8 Å². The Morgan fingerprint density at radius 1 is 1.10 bits per heavy atom. The van der Waals surface area contributed by atoms with Crippen LogP contribution in [0.1, 0.15) is 27.7 Å². The molecule has 1 N–H and O–H groups in total. The predicted octanol–water partition coefficient (Wildman–Crippen LogP) is 0.911. The summed E-state index contributed by atoms with van der Waals surface area (Å²) in [6, 6.07) is 0. The van der Waals surface area contributed by atoms with E-state index < -0.39 is 10.0 Å². The fraction of sp³-hybridized carbons (Fsp3) is 0.950. The number of nitrogens with one attached hydrogen (secondary N) is 1. The standard InChI is InChI=1S/C20H41N5O4S.HI/c1-5-21-20(22-16-19(4)17-23-10-12-28-13-11-23)24-6-8-25(9-7-24)30(26,27)15-14-29-18(2)3;/h18-19H,5-17H2,1-4H3,(H,21,22);1H. The molecule has 31 heavy (non-hydrogen) atoms. The number of hydrogen-bond acceptors (Lipinski definition) is 6. The number of morpholine rings is 1. The lowest BCUT2D eigenvalue weighted by Crippen LogP contribution is -2.54. The molecule has 2 fully saturated rings. The molecule has 1 atom stereocenters. The molecule has 184 valence electrons. The molecule has 2 aliphatic heterocycles. The summed E-state index contributed by atoms with van der Waals surface area (Å²) in [6.45, 7) is 16.8. The molecule has 2 heterocycles. The van der Waals surface area contributed by atoms with E-state index in [0.717, 1.165) is 51.9 Å². The molecule has 0 aliphatic carbocycles. The van der Waals surface area contributed by atoms with Crippen LogP contribution in [0.5, 0.6) is 0 Å². The van der Waals surface area contributed by atoms with Crippen LogP contribution >= 0.6 is 24.0 Å². The lowest BCUT2D eigenvalue weighted by Gasteiger charge is -2.36. The Balaban J connectivity index is 0.00000480. The van der Waals surface area contributed by atoms with Gasteiger partial charge >= 0.3 is 0 Å². The molecule has 2 rings (SSSR count). The van der Waals surface area contributed by atoms with Gasteiger partial charge in [-0.2, -0.15) is 4.31 Å². The predicted molar refractivity (Wildman–Crippen MR) is 136 cm³/mol. The summed E-state index contributed by atoms with van der Waals surface area (Å²) in [5.41, 5.74) is 0. The van der Waals surface area contributed by atoms with E-state index in [1.54, 1.807) is 4.31 Å². The largest absolute Gasteiger partial charge is 0.379 e. The number of guanidine groups is 1. The Morgan fingerprint density at radius 2 is 1.74 bits per heavy atom. The molecule has 2 saturated heterocycles. The molecule has 0 bridgehead atoms. The van der Waals surface area contributed by atoms with Crippen molar-refractivity contribution in [1.82, 2.24) is 19.4 Å². The Bertz CT molecular complexity index is 621. The van der Waals surface area contributed by atoms with Crippen LogP contribution in [0.2, 0.25) is 0 Å². The van der Waals surface area contributed by atoms with Gasteiger partial charge in [0.05, 0.1) is 31.7 Å². The summed E-state index contributed by atoms with van der Waals surface area (Å²) in [5.74, 6) is 1.38. The fourth-order valence-electron chi connectivity index (χ4n) is 3.65. The van der Waals surface area contributed by atoms with Crippen LogP contribution in [0.15, 0.2) is 4.99 Å². The van der Waals surface area contributed by atoms with Crippen molar-refractivity contribution in [2.24, 2.45) is 10.9 Å².